The number of anilines is 1. The summed E-state index contributed by atoms with van der Waals surface area (Å²) in [6, 6.07) is 8.20. The van der Waals surface area contributed by atoms with E-state index in [-0.39, 0.29) is 12.5 Å². The number of hydrogen-bond donors (Lipinski definition) is 2. The van der Waals surface area contributed by atoms with Gasteiger partial charge in [-0.3, -0.25) is 15.0 Å². The molecule has 0 unspecified atom stereocenters. The summed E-state index contributed by atoms with van der Waals surface area (Å²) in [6.45, 7) is 5.74. The van der Waals surface area contributed by atoms with Crippen molar-refractivity contribution in [3.63, 3.8) is 0 Å². The average molecular weight is 472 g/mol. The van der Waals surface area contributed by atoms with Gasteiger partial charge in [0.25, 0.3) is 5.91 Å². The molecule has 4 aliphatic rings. The lowest BCUT2D eigenvalue weighted by Gasteiger charge is -2.43. The second kappa shape index (κ2) is 9.79. The van der Waals surface area contributed by atoms with Gasteiger partial charge in [-0.05, 0) is 32.0 Å². The van der Waals surface area contributed by atoms with Gasteiger partial charge in [0.15, 0.2) is 6.61 Å². The van der Waals surface area contributed by atoms with Gasteiger partial charge < -0.3 is 24.6 Å². The zero-order chi connectivity index (χ0) is 23.5. The molecule has 0 saturated carbocycles. The van der Waals surface area contributed by atoms with Crippen LogP contribution in [0.25, 0.3) is 0 Å². The molecule has 0 aliphatic carbocycles. The van der Waals surface area contributed by atoms with Crippen LogP contribution >= 0.6 is 0 Å². The van der Waals surface area contributed by atoms with E-state index in [0.717, 1.165) is 50.3 Å². The molecule has 0 bridgehead atoms. The minimum atomic E-state index is -0.737. The molecule has 4 aliphatic heterocycles. The van der Waals surface area contributed by atoms with E-state index in [1.165, 1.54) is 0 Å². The number of piperazine rings is 1. The molecule has 3 saturated heterocycles. The molecular formula is C24H33N5O5. The Kier molecular flexibility index (Phi) is 6.60. The number of nitrogens with zero attached hydrogens (tertiary/aromatic N) is 3. The number of carbonyl (C=O) groups excluding carboxylic acids is 3. The minimum Gasteiger partial charge on any atom is -0.439 e. The van der Waals surface area contributed by atoms with Crippen LogP contribution in [0.3, 0.4) is 0 Å². The quantitative estimate of drug-likeness (QED) is 0.690. The molecule has 10 heteroatoms. The fourth-order valence-corrected chi connectivity index (χ4v) is 5.59. The molecule has 1 aromatic carbocycles. The maximum Gasteiger partial charge on any atom is 0.412 e. The highest BCUT2D eigenvalue weighted by Gasteiger charge is 2.45. The normalized spacial score (nSPS) is 23.1. The molecule has 1 aromatic rings. The zero-order valence-electron chi connectivity index (χ0n) is 19.5. The van der Waals surface area contributed by atoms with Gasteiger partial charge in [0.2, 0.25) is 0 Å². The number of fused-ring (bicyclic) bond motifs is 2. The Morgan fingerprint density at radius 3 is 2.44 bits per heavy atom. The molecule has 3 fully saturated rings. The number of hydrogen-bond acceptors (Lipinski definition) is 7. The lowest BCUT2D eigenvalue weighted by Crippen LogP contribution is -2.54. The Hall–Kier alpha value is -2.85. The van der Waals surface area contributed by atoms with Crippen LogP contribution in [0.2, 0.25) is 0 Å². The van der Waals surface area contributed by atoms with Crippen molar-refractivity contribution in [1.82, 2.24) is 20.0 Å². The van der Waals surface area contributed by atoms with E-state index < -0.39 is 17.8 Å². The highest BCUT2D eigenvalue weighted by atomic mass is 16.6. The second-order valence-corrected chi connectivity index (χ2v) is 9.49. The van der Waals surface area contributed by atoms with Crippen molar-refractivity contribution in [3.05, 3.63) is 29.8 Å². The van der Waals surface area contributed by atoms with E-state index >= 15 is 0 Å². The van der Waals surface area contributed by atoms with Crippen LogP contribution < -0.4 is 10.6 Å². The fourth-order valence-electron chi connectivity index (χ4n) is 5.59. The fraction of sp³-hybridized carbons (Fsp3) is 0.625. The Morgan fingerprint density at radius 2 is 1.71 bits per heavy atom. The molecule has 3 amide bonds. The Bertz CT molecular complexity index is 918. The topological polar surface area (TPSA) is 103 Å². The number of para-hydroxylation sites is 1. The third-order valence-electron chi connectivity index (χ3n) is 7.58. The first-order valence-corrected chi connectivity index (χ1v) is 12.3. The second-order valence-electron chi connectivity index (χ2n) is 9.49. The Balaban J connectivity index is 1.08. The van der Waals surface area contributed by atoms with Gasteiger partial charge >= 0.3 is 12.2 Å². The number of rotatable bonds is 3. The number of piperidine rings is 2. The van der Waals surface area contributed by atoms with E-state index in [1.807, 2.05) is 24.3 Å². The molecule has 1 spiro atoms. The van der Waals surface area contributed by atoms with Gasteiger partial charge in [-0.15, -0.1) is 0 Å². The predicted molar refractivity (Wildman–Crippen MR) is 124 cm³/mol. The largest absolute Gasteiger partial charge is 0.439 e. The van der Waals surface area contributed by atoms with Gasteiger partial charge in [-0.1, -0.05) is 18.2 Å². The van der Waals surface area contributed by atoms with Crippen molar-refractivity contribution >= 4 is 23.8 Å². The van der Waals surface area contributed by atoms with Crippen molar-refractivity contribution in [2.75, 3.05) is 64.3 Å². The van der Waals surface area contributed by atoms with Gasteiger partial charge in [-0.25, -0.2) is 9.59 Å². The summed E-state index contributed by atoms with van der Waals surface area (Å²) in [4.78, 5) is 43.2. The lowest BCUT2D eigenvalue weighted by molar-refractivity contribution is -0.137. The summed E-state index contributed by atoms with van der Waals surface area (Å²) in [5, 5.41) is 6.13. The molecule has 0 radical (unpaired) electrons. The van der Waals surface area contributed by atoms with E-state index in [9.17, 15) is 14.4 Å². The van der Waals surface area contributed by atoms with Crippen LogP contribution in [0.4, 0.5) is 15.3 Å². The smallest absolute Gasteiger partial charge is 0.412 e. The van der Waals surface area contributed by atoms with Crippen LogP contribution in [0, 0.1) is 0 Å². The molecule has 0 aromatic heterocycles. The lowest BCUT2D eigenvalue weighted by atomic mass is 9.82. The number of nitrogens with one attached hydrogen (secondary N) is 2. The molecule has 4 heterocycles. The Morgan fingerprint density at radius 1 is 1.00 bits per heavy atom. The molecule has 5 rings (SSSR count). The summed E-state index contributed by atoms with van der Waals surface area (Å²) in [7, 11) is 0. The van der Waals surface area contributed by atoms with Crippen molar-refractivity contribution < 1.29 is 23.9 Å². The molecule has 10 nitrogen and oxygen atoms in total. The SMILES string of the molecule is O=C1Nc2ccccc2C2(CCN(C(=O)OCC(=O)N3CCN(C4CCNCC4)CC3)CC2)O1. The van der Waals surface area contributed by atoms with Crippen LogP contribution in [0.15, 0.2) is 24.3 Å². The van der Waals surface area contributed by atoms with Gasteiger partial charge in [0.1, 0.15) is 5.60 Å². The molecule has 2 N–H and O–H groups in total. The zero-order valence-corrected chi connectivity index (χ0v) is 19.5. The number of carbonyl (C=O) groups is 3. The van der Waals surface area contributed by atoms with Gasteiger partial charge in [0, 0.05) is 63.7 Å². The van der Waals surface area contributed by atoms with Crippen molar-refractivity contribution in [1.29, 1.82) is 0 Å². The first kappa shape index (κ1) is 22.9. The maximum atomic E-state index is 12.6. The summed E-state index contributed by atoms with van der Waals surface area (Å²) in [5.41, 5.74) is 0.946. The number of amides is 3. The van der Waals surface area contributed by atoms with Crippen molar-refractivity contribution in [3.8, 4) is 0 Å². The highest BCUT2D eigenvalue weighted by molar-refractivity contribution is 5.89. The first-order valence-electron chi connectivity index (χ1n) is 12.3. The van der Waals surface area contributed by atoms with Crippen molar-refractivity contribution in [2.24, 2.45) is 0 Å². The predicted octanol–water partition coefficient (Wildman–Crippen LogP) is 1.57. The number of benzene rings is 1. The maximum absolute atomic E-state index is 12.6. The van der Waals surface area contributed by atoms with E-state index in [1.54, 1.807) is 9.80 Å². The minimum absolute atomic E-state index is 0.145. The summed E-state index contributed by atoms with van der Waals surface area (Å²) < 4.78 is 11.1. The molecule has 0 atom stereocenters. The van der Waals surface area contributed by atoms with Crippen molar-refractivity contribution in [2.45, 2.75) is 37.3 Å². The number of ether oxygens (including phenoxy) is 2. The molecular weight excluding hydrogens is 438 g/mol. The van der Waals surface area contributed by atoms with Crippen LogP contribution in [-0.4, -0.2) is 97.8 Å². The Labute approximate surface area is 199 Å². The first-order chi connectivity index (χ1) is 16.5. The van der Waals surface area contributed by atoms with E-state index in [4.69, 9.17) is 9.47 Å². The van der Waals surface area contributed by atoms with Gasteiger partial charge in [-0.2, -0.15) is 0 Å². The molecule has 34 heavy (non-hydrogen) atoms. The summed E-state index contributed by atoms with van der Waals surface area (Å²) in [5.74, 6) is -0.145. The third-order valence-corrected chi connectivity index (χ3v) is 7.58. The number of likely N-dealkylation sites (tertiary alicyclic amines) is 1. The standard InChI is InChI=1S/C24H33N5O5/c30-21(28-15-13-27(14-16-28)18-5-9-25-10-6-18)17-33-23(32)29-11-7-24(8-12-29)19-3-1-2-4-20(19)26-22(31)34-24/h1-4,18,25H,5-17H2,(H,26,31). The highest BCUT2D eigenvalue weighted by Crippen LogP contribution is 2.43. The monoisotopic (exact) mass is 471 g/mol. The average Bonchev–Trinajstić information content (AvgIpc) is 2.88. The van der Waals surface area contributed by atoms with Crippen LogP contribution in [0.1, 0.15) is 31.2 Å². The van der Waals surface area contributed by atoms with Gasteiger partial charge in [0.05, 0.1) is 5.69 Å². The van der Waals surface area contributed by atoms with E-state index in [0.29, 0.717) is 45.1 Å². The molecule has 184 valence electrons. The van der Waals surface area contributed by atoms with Crippen LogP contribution in [-0.2, 0) is 19.9 Å². The summed E-state index contributed by atoms with van der Waals surface area (Å²) in [6.07, 6.45) is 2.32. The van der Waals surface area contributed by atoms with E-state index in [2.05, 4.69) is 15.5 Å². The third kappa shape index (κ3) is 4.69. The van der Waals surface area contributed by atoms with Crippen LogP contribution in [0.5, 0.6) is 0 Å². The summed E-state index contributed by atoms with van der Waals surface area (Å²) >= 11 is 0.